The monoisotopic (exact) mass is 260 g/mol. The van der Waals surface area contributed by atoms with Crippen molar-refractivity contribution in [2.75, 3.05) is 0 Å². The molecule has 0 bridgehead atoms. The number of aromatic amines is 1. The molecule has 0 fully saturated rings. The lowest BCUT2D eigenvalue weighted by molar-refractivity contribution is 0.662. The van der Waals surface area contributed by atoms with Crippen molar-refractivity contribution in [3.63, 3.8) is 0 Å². The van der Waals surface area contributed by atoms with Crippen LogP contribution < -0.4 is 0 Å². The van der Waals surface area contributed by atoms with Gasteiger partial charge in [-0.25, -0.2) is 9.97 Å². The summed E-state index contributed by atoms with van der Waals surface area (Å²) in [5, 5.41) is 4.25. The first-order valence-corrected chi connectivity index (χ1v) is 6.03. The molecular weight excluding hydrogens is 248 g/mol. The molecule has 6 nitrogen and oxygen atoms in total. The van der Waals surface area contributed by atoms with Crippen LogP contribution in [0.25, 0.3) is 11.2 Å². The summed E-state index contributed by atoms with van der Waals surface area (Å²) < 4.78 is 4.35. The Morgan fingerprint density at radius 2 is 2.28 bits per heavy atom. The molecule has 3 heterocycles. The normalized spacial score (nSPS) is 11.2. The van der Waals surface area contributed by atoms with Crippen LogP contribution in [0.2, 0.25) is 0 Å². The van der Waals surface area contributed by atoms with Gasteiger partial charge in [-0.2, -0.15) is 5.10 Å². The summed E-state index contributed by atoms with van der Waals surface area (Å²) >= 11 is 5.29. The summed E-state index contributed by atoms with van der Waals surface area (Å²) in [5.74, 6) is 0.810. The smallest absolute Gasteiger partial charge is 0.179 e. The van der Waals surface area contributed by atoms with Crippen LogP contribution in [0.1, 0.15) is 5.82 Å². The second kappa shape index (κ2) is 4.34. The minimum absolute atomic E-state index is 0.680. The number of hydrogen-bond acceptors (Lipinski definition) is 4. The van der Waals surface area contributed by atoms with Gasteiger partial charge >= 0.3 is 0 Å². The van der Waals surface area contributed by atoms with Gasteiger partial charge in [0.25, 0.3) is 0 Å². The Balaban J connectivity index is 1.90. The zero-order valence-corrected chi connectivity index (χ0v) is 10.7. The van der Waals surface area contributed by atoms with Gasteiger partial charge in [0.05, 0.1) is 5.52 Å². The Kier molecular flexibility index (Phi) is 2.67. The number of nitrogens with one attached hydrogen (secondary N) is 1. The third kappa shape index (κ3) is 1.92. The molecule has 0 atom stereocenters. The van der Waals surface area contributed by atoms with Crippen molar-refractivity contribution >= 4 is 23.4 Å². The minimum atomic E-state index is 0.680. The van der Waals surface area contributed by atoms with Crippen LogP contribution in [-0.4, -0.2) is 29.3 Å². The lowest BCUT2D eigenvalue weighted by atomic mass is 10.4. The summed E-state index contributed by atoms with van der Waals surface area (Å²) in [6.07, 6.45) is 4.20. The zero-order valence-electron chi connectivity index (χ0n) is 9.87. The number of nitrogens with zero attached hydrogens (tertiary/aromatic N) is 5. The molecule has 1 N–H and O–H groups in total. The van der Waals surface area contributed by atoms with Crippen molar-refractivity contribution in [1.82, 2.24) is 29.3 Å². The van der Waals surface area contributed by atoms with Gasteiger partial charge < -0.3 is 9.55 Å². The molecule has 3 aromatic rings. The van der Waals surface area contributed by atoms with E-state index >= 15 is 0 Å². The first-order chi connectivity index (χ1) is 8.74. The van der Waals surface area contributed by atoms with E-state index < -0.39 is 0 Å². The molecule has 0 saturated carbocycles. The number of imidazole rings is 1. The Hall–Kier alpha value is -2.02. The minimum Gasteiger partial charge on any atom is -0.329 e. The topological polar surface area (TPSA) is 64.3 Å². The standard InChI is InChI=1S/C11H12N6S/c1-16-7-13-9(15-16)4-6-17-10-8(14-11(17)18)3-2-5-12-10/h2-3,5,7H,4,6H2,1H3,(H,14,18). The van der Waals surface area contributed by atoms with Crippen molar-refractivity contribution in [2.24, 2.45) is 7.05 Å². The molecule has 0 aliphatic rings. The van der Waals surface area contributed by atoms with Crippen molar-refractivity contribution in [3.05, 3.63) is 35.3 Å². The predicted molar refractivity (Wildman–Crippen MR) is 69.6 cm³/mol. The lowest BCUT2D eigenvalue weighted by Crippen LogP contribution is -2.04. The fraction of sp³-hybridized carbons (Fsp3) is 0.273. The van der Waals surface area contributed by atoms with Crippen molar-refractivity contribution in [1.29, 1.82) is 0 Å². The quantitative estimate of drug-likeness (QED) is 0.724. The van der Waals surface area contributed by atoms with E-state index in [0.29, 0.717) is 4.77 Å². The fourth-order valence-corrected chi connectivity index (χ4v) is 2.19. The van der Waals surface area contributed by atoms with Gasteiger partial charge in [-0.1, -0.05) is 0 Å². The third-order valence-electron chi connectivity index (χ3n) is 2.74. The van der Waals surface area contributed by atoms with Gasteiger partial charge in [0, 0.05) is 26.2 Å². The number of aryl methyl sites for hydroxylation is 3. The Morgan fingerprint density at radius 3 is 3.06 bits per heavy atom. The van der Waals surface area contributed by atoms with E-state index in [0.717, 1.165) is 30.0 Å². The van der Waals surface area contributed by atoms with Crippen molar-refractivity contribution in [2.45, 2.75) is 13.0 Å². The summed E-state index contributed by atoms with van der Waals surface area (Å²) in [6, 6.07) is 3.85. The highest BCUT2D eigenvalue weighted by Crippen LogP contribution is 2.11. The number of aromatic nitrogens is 6. The largest absolute Gasteiger partial charge is 0.329 e. The van der Waals surface area contributed by atoms with Crippen molar-refractivity contribution < 1.29 is 0 Å². The van der Waals surface area contributed by atoms with Crippen LogP contribution in [0.3, 0.4) is 0 Å². The van der Waals surface area contributed by atoms with E-state index in [9.17, 15) is 0 Å². The Morgan fingerprint density at radius 1 is 1.39 bits per heavy atom. The first-order valence-electron chi connectivity index (χ1n) is 5.62. The molecule has 18 heavy (non-hydrogen) atoms. The van der Waals surface area contributed by atoms with Crippen LogP contribution in [-0.2, 0) is 20.0 Å². The van der Waals surface area contributed by atoms with E-state index in [-0.39, 0.29) is 0 Å². The maximum absolute atomic E-state index is 5.29. The van der Waals surface area contributed by atoms with E-state index in [2.05, 4.69) is 20.1 Å². The van der Waals surface area contributed by atoms with Crippen molar-refractivity contribution in [3.8, 4) is 0 Å². The van der Waals surface area contributed by atoms with Gasteiger partial charge in [-0.05, 0) is 24.4 Å². The first kappa shape index (κ1) is 11.1. The van der Waals surface area contributed by atoms with Gasteiger partial charge in [-0.3, -0.25) is 4.68 Å². The van der Waals surface area contributed by atoms with Crippen LogP contribution in [0.15, 0.2) is 24.7 Å². The molecule has 0 unspecified atom stereocenters. The number of hydrogen-bond donors (Lipinski definition) is 1. The zero-order chi connectivity index (χ0) is 12.5. The average molecular weight is 260 g/mol. The number of H-pyrrole nitrogens is 1. The molecule has 0 aliphatic heterocycles. The second-order valence-corrected chi connectivity index (χ2v) is 4.43. The molecule has 0 spiro atoms. The summed E-state index contributed by atoms with van der Waals surface area (Å²) in [4.78, 5) is 11.7. The van der Waals surface area contributed by atoms with E-state index in [4.69, 9.17) is 12.2 Å². The van der Waals surface area contributed by atoms with E-state index in [1.165, 1.54) is 0 Å². The molecular formula is C11H12N6S. The average Bonchev–Trinajstić information content (AvgIpc) is 2.90. The van der Waals surface area contributed by atoms with Gasteiger partial charge in [0.15, 0.2) is 16.2 Å². The highest BCUT2D eigenvalue weighted by atomic mass is 32.1. The van der Waals surface area contributed by atoms with Crippen LogP contribution >= 0.6 is 12.2 Å². The summed E-state index contributed by atoms with van der Waals surface area (Å²) in [5.41, 5.74) is 1.83. The summed E-state index contributed by atoms with van der Waals surface area (Å²) in [7, 11) is 1.86. The Labute approximate surface area is 108 Å². The second-order valence-electron chi connectivity index (χ2n) is 4.04. The molecule has 0 saturated heterocycles. The molecule has 92 valence electrons. The third-order valence-corrected chi connectivity index (χ3v) is 3.06. The molecule has 0 aromatic carbocycles. The summed E-state index contributed by atoms with van der Waals surface area (Å²) in [6.45, 7) is 0.722. The highest BCUT2D eigenvalue weighted by molar-refractivity contribution is 7.71. The van der Waals surface area contributed by atoms with Gasteiger partial charge in [0.2, 0.25) is 0 Å². The van der Waals surface area contributed by atoms with Crippen LogP contribution in [0, 0.1) is 4.77 Å². The maximum Gasteiger partial charge on any atom is 0.179 e. The molecule has 0 amide bonds. The number of fused-ring (bicyclic) bond motifs is 1. The molecule has 3 rings (SSSR count). The van der Waals surface area contributed by atoms with Gasteiger partial charge in [-0.15, -0.1) is 0 Å². The molecule has 7 heteroatoms. The number of rotatable bonds is 3. The molecule has 0 aliphatic carbocycles. The maximum atomic E-state index is 5.29. The van der Waals surface area contributed by atoms with Crippen LogP contribution in [0.5, 0.6) is 0 Å². The molecule has 0 radical (unpaired) electrons. The lowest BCUT2D eigenvalue weighted by Gasteiger charge is -2.00. The Bertz CT molecular complexity index is 737. The van der Waals surface area contributed by atoms with Crippen LogP contribution in [0.4, 0.5) is 0 Å². The SMILES string of the molecule is Cn1cnc(CCn2c(=S)[nH]c3cccnc32)n1. The molecule has 3 aromatic heterocycles. The van der Waals surface area contributed by atoms with E-state index in [1.54, 1.807) is 17.2 Å². The van der Waals surface area contributed by atoms with Gasteiger partial charge in [0.1, 0.15) is 6.33 Å². The highest BCUT2D eigenvalue weighted by Gasteiger charge is 2.06. The number of pyridine rings is 1. The fourth-order valence-electron chi connectivity index (χ4n) is 1.91. The predicted octanol–water partition coefficient (Wildman–Crippen LogP) is 1.47. The van der Waals surface area contributed by atoms with E-state index in [1.807, 2.05) is 23.7 Å².